The molecule has 136 valence electrons. The lowest BCUT2D eigenvalue weighted by atomic mass is 10.0. The first-order valence-electron chi connectivity index (χ1n) is 9.02. The molecule has 0 aromatic heterocycles. The lowest BCUT2D eigenvalue weighted by Gasteiger charge is -1.99. The highest BCUT2D eigenvalue weighted by Gasteiger charge is 2.00. The van der Waals surface area contributed by atoms with Crippen molar-refractivity contribution < 1.29 is 9.90 Å². The van der Waals surface area contributed by atoms with E-state index in [2.05, 4.69) is 25.1 Å². The molecule has 3 aromatic rings. The van der Waals surface area contributed by atoms with Gasteiger partial charge in [0.05, 0.1) is 17.2 Å². The van der Waals surface area contributed by atoms with E-state index in [1.54, 1.807) is 12.1 Å². The standard InChI is InChI=1S/C13H9N.C11H14O2/c14-10-11-6-8-13(9-7-11)12-4-2-1-3-5-12;1-2-3-4-9-5-7-10(8-6-9)11(12)13/h1-9H;5-8H,2-4H2,1H3,(H,12,13). The Kier molecular flexibility index (Phi) is 7.81. The first-order valence-corrected chi connectivity index (χ1v) is 9.02. The summed E-state index contributed by atoms with van der Waals surface area (Å²) in [6, 6.07) is 26.9. The third kappa shape index (κ3) is 6.45. The molecule has 27 heavy (non-hydrogen) atoms. The quantitative estimate of drug-likeness (QED) is 0.613. The maximum Gasteiger partial charge on any atom is 0.335 e. The Morgan fingerprint density at radius 3 is 2.00 bits per heavy atom. The molecule has 0 aliphatic rings. The minimum atomic E-state index is -0.859. The van der Waals surface area contributed by atoms with Crippen LogP contribution in [0.3, 0.4) is 0 Å². The van der Waals surface area contributed by atoms with E-state index in [1.165, 1.54) is 17.5 Å². The number of carbonyl (C=O) groups is 1. The van der Waals surface area contributed by atoms with Crippen LogP contribution in [0.25, 0.3) is 11.1 Å². The van der Waals surface area contributed by atoms with Gasteiger partial charge in [-0.15, -0.1) is 0 Å². The molecule has 3 nitrogen and oxygen atoms in total. The Balaban J connectivity index is 0.000000194. The molecule has 0 amide bonds. The molecule has 0 unspecified atom stereocenters. The van der Waals surface area contributed by atoms with Gasteiger partial charge in [-0.2, -0.15) is 5.26 Å². The molecule has 0 spiro atoms. The molecule has 3 heteroatoms. The topological polar surface area (TPSA) is 61.1 Å². The number of nitriles is 1. The number of hydrogen-bond donors (Lipinski definition) is 1. The van der Waals surface area contributed by atoms with Crippen molar-refractivity contribution in [3.05, 3.63) is 95.6 Å². The SMILES string of the molecule is CCCCc1ccc(C(=O)O)cc1.N#Cc1ccc(-c2ccccc2)cc1. The highest BCUT2D eigenvalue weighted by atomic mass is 16.4. The molecule has 0 saturated carbocycles. The number of nitrogens with zero attached hydrogens (tertiary/aromatic N) is 1. The number of hydrogen-bond acceptors (Lipinski definition) is 2. The maximum atomic E-state index is 10.5. The summed E-state index contributed by atoms with van der Waals surface area (Å²) in [7, 11) is 0. The fourth-order valence-corrected chi connectivity index (χ4v) is 2.56. The molecule has 0 radical (unpaired) electrons. The number of aryl methyl sites for hydroxylation is 1. The Morgan fingerprint density at radius 2 is 1.48 bits per heavy atom. The second kappa shape index (κ2) is 10.6. The lowest BCUT2D eigenvalue weighted by molar-refractivity contribution is 0.0697. The van der Waals surface area contributed by atoms with Crippen molar-refractivity contribution in [2.45, 2.75) is 26.2 Å². The van der Waals surface area contributed by atoms with Crippen molar-refractivity contribution in [2.24, 2.45) is 0 Å². The number of unbranched alkanes of at least 4 members (excludes halogenated alkanes) is 1. The number of benzene rings is 3. The monoisotopic (exact) mass is 357 g/mol. The van der Waals surface area contributed by atoms with Gasteiger partial charge in [-0.3, -0.25) is 0 Å². The molecule has 0 saturated heterocycles. The van der Waals surface area contributed by atoms with Crippen LogP contribution in [0.2, 0.25) is 0 Å². The maximum absolute atomic E-state index is 10.5. The molecule has 0 aliphatic heterocycles. The molecular weight excluding hydrogens is 334 g/mol. The lowest BCUT2D eigenvalue weighted by Crippen LogP contribution is -1.95. The first kappa shape index (κ1) is 19.9. The van der Waals surface area contributed by atoms with E-state index in [1.807, 2.05) is 54.6 Å². The number of carboxylic acid groups (broad SMARTS) is 1. The summed E-state index contributed by atoms with van der Waals surface area (Å²) < 4.78 is 0. The summed E-state index contributed by atoms with van der Waals surface area (Å²) >= 11 is 0. The fourth-order valence-electron chi connectivity index (χ4n) is 2.56. The molecule has 0 aliphatic carbocycles. The molecule has 0 bridgehead atoms. The molecular formula is C24H23NO2. The van der Waals surface area contributed by atoms with Gasteiger partial charge in [0.15, 0.2) is 0 Å². The fraction of sp³-hybridized carbons (Fsp3) is 0.167. The van der Waals surface area contributed by atoms with Gasteiger partial charge < -0.3 is 5.11 Å². The third-order valence-electron chi connectivity index (χ3n) is 4.14. The van der Waals surface area contributed by atoms with E-state index >= 15 is 0 Å². The van der Waals surface area contributed by atoms with Crippen LogP contribution in [0.4, 0.5) is 0 Å². The normalized spacial score (nSPS) is 9.63. The minimum Gasteiger partial charge on any atom is -0.478 e. The molecule has 0 heterocycles. The van der Waals surface area contributed by atoms with Crippen LogP contribution in [-0.2, 0) is 6.42 Å². The largest absolute Gasteiger partial charge is 0.478 e. The predicted octanol–water partition coefficient (Wildman–Crippen LogP) is 5.95. The Hall–Kier alpha value is -3.38. The smallest absolute Gasteiger partial charge is 0.335 e. The molecule has 3 rings (SSSR count). The van der Waals surface area contributed by atoms with Crippen LogP contribution in [0, 0.1) is 11.3 Å². The van der Waals surface area contributed by atoms with Crippen LogP contribution < -0.4 is 0 Å². The van der Waals surface area contributed by atoms with Gasteiger partial charge in [0.25, 0.3) is 0 Å². The van der Waals surface area contributed by atoms with Crippen molar-refractivity contribution in [3.63, 3.8) is 0 Å². The van der Waals surface area contributed by atoms with Gasteiger partial charge >= 0.3 is 5.97 Å². The summed E-state index contributed by atoms with van der Waals surface area (Å²) in [5.74, 6) is -0.859. The highest BCUT2D eigenvalue weighted by Crippen LogP contribution is 2.18. The van der Waals surface area contributed by atoms with Gasteiger partial charge in [-0.25, -0.2) is 4.79 Å². The Labute approximate surface area is 160 Å². The van der Waals surface area contributed by atoms with Gasteiger partial charge in [0.2, 0.25) is 0 Å². The molecule has 0 atom stereocenters. The number of aromatic carboxylic acids is 1. The van der Waals surface area contributed by atoms with Crippen molar-refractivity contribution >= 4 is 5.97 Å². The van der Waals surface area contributed by atoms with E-state index in [4.69, 9.17) is 10.4 Å². The average molecular weight is 357 g/mol. The second-order valence-electron chi connectivity index (χ2n) is 6.16. The van der Waals surface area contributed by atoms with Gasteiger partial charge in [-0.1, -0.05) is 67.9 Å². The summed E-state index contributed by atoms with van der Waals surface area (Å²) in [5, 5.41) is 17.3. The number of carboxylic acids is 1. The van der Waals surface area contributed by atoms with Gasteiger partial charge in [0, 0.05) is 0 Å². The van der Waals surface area contributed by atoms with Crippen LogP contribution >= 0.6 is 0 Å². The summed E-state index contributed by atoms with van der Waals surface area (Å²) in [6.07, 6.45) is 3.36. The highest BCUT2D eigenvalue weighted by molar-refractivity contribution is 5.87. The third-order valence-corrected chi connectivity index (χ3v) is 4.14. The van der Waals surface area contributed by atoms with E-state index < -0.39 is 5.97 Å². The zero-order chi connectivity index (χ0) is 19.5. The minimum absolute atomic E-state index is 0.361. The van der Waals surface area contributed by atoms with Crippen LogP contribution in [-0.4, -0.2) is 11.1 Å². The molecule has 1 N–H and O–H groups in total. The Morgan fingerprint density at radius 1 is 0.889 bits per heavy atom. The van der Waals surface area contributed by atoms with Crippen LogP contribution in [0.5, 0.6) is 0 Å². The second-order valence-corrected chi connectivity index (χ2v) is 6.16. The van der Waals surface area contributed by atoms with Crippen molar-refractivity contribution in [1.82, 2.24) is 0 Å². The summed E-state index contributed by atoms with van der Waals surface area (Å²) in [5.41, 5.74) is 4.60. The van der Waals surface area contributed by atoms with E-state index in [9.17, 15) is 4.79 Å². The van der Waals surface area contributed by atoms with Gasteiger partial charge in [0.1, 0.15) is 0 Å². The van der Waals surface area contributed by atoms with Crippen molar-refractivity contribution in [2.75, 3.05) is 0 Å². The van der Waals surface area contributed by atoms with E-state index in [-0.39, 0.29) is 0 Å². The average Bonchev–Trinajstić information content (AvgIpc) is 2.73. The molecule has 0 fully saturated rings. The van der Waals surface area contributed by atoms with Crippen LogP contribution in [0.15, 0.2) is 78.9 Å². The zero-order valence-corrected chi connectivity index (χ0v) is 15.4. The Bertz CT molecular complexity index is 876. The van der Waals surface area contributed by atoms with Crippen molar-refractivity contribution in [3.8, 4) is 17.2 Å². The summed E-state index contributed by atoms with van der Waals surface area (Å²) in [6.45, 7) is 2.14. The van der Waals surface area contributed by atoms with Crippen molar-refractivity contribution in [1.29, 1.82) is 5.26 Å². The predicted molar refractivity (Wildman–Crippen MR) is 109 cm³/mol. The van der Waals surface area contributed by atoms with Crippen LogP contribution in [0.1, 0.15) is 41.3 Å². The van der Waals surface area contributed by atoms with E-state index in [0.29, 0.717) is 11.1 Å². The first-order chi connectivity index (χ1) is 13.1. The summed E-state index contributed by atoms with van der Waals surface area (Å²) in [4.78, 5) is 10.5. The zero-order valence-electron chi connectivity index (χ0n) is 15.4. The van der Waals surface area contributed by atoms with Gasteiger partial charge in [-0.05, 0) is 53.8 Å². The molecule has 3 aromatic carbocycles. The van der Waals surface area contributed by atoms with E-state index in [0.717, 1.165) is 18.4 Å². The number of rotatable bonds is 5.